The van der Waals surface area contributed by atoms with E-state index in [2.05, 4.69) is 18.3 Å². The summed E-state index contributed by atoms with van der Waals surface area (Å²) in [5.74, 6) is -0.689. The third-order valence-corrected chi connectivity index (χ3v) is 4.82. The summed E-state index contributed by atoms with van der Waals surface area (Å²) in [6.45, 7) is 3.04. The van der Waals surface area contributed by atoms with Gasteiger partial charge >= 0.3 is 0 Å². The molecule has 5 nitrogen and oxygen atoms in total. The Morgan fingerprint density at radius 3 is 2.62 bits per heavy atom. The average Bonchev–Trinajstić information content (AvgIpc) is 2.99. The second-order valence-corrected chi connectivity index (χ2v) is 6.69. The third kappa shape index (κ3) is 4.13. The number of carbonyl (C=O) groups is 2. The first-order valence-electron chi connectivity index (χ1n) is 6.36. The fraction of sp³-hybridized carbons (Fsp3) is 0.286. The van der Waals surface area contributed by atoms with Crippen molar-refractivity contribution in [2.24, 2.45) is 5.73 Å². The fourth-order valence-electron chi connectivity index (χ4n) is 1.88. The molecule has 2 rings (SSSR count). The number of amides is 2. The molecule has 112 valence electrons. The second kappa shape index (κ2) is 6.84. The minimum Gasteiger partial charge on any atom is -0.366 e. The Kier molecular flexibility index (Phi) is 5.11. The van der Waals surface area contributed by atoms with Gasteiger partial charge in [0.15, 0.2) is 0 Å². The minimum atomic E-state index is -0.533. The number of thiophene rings is 2. The molecule has 7 heteroatoms. The molecule has 2 aromatic heterocycles. The number of carbonyl (C=O) groups excluding carboxylic acids is 2. The number of likely N-dealkylation sites (N-methyl/N-ethyl adjacent to an activating group) is 1. The van der Waals surface area contributed by atoms with Crippen molar-refractivity contribution in [3.05, 3.63) is 38.9 Å². The highest BCUT2D eigenvalue weighted by Crippen LogP contribution is 2.22. The van der Waals surface area contributed by atoms with Crippen molar-refractivity contribution < 1.29 is 9.59 Å². The molecule has 0 aliphatic carbocycles. The molecule has 21 heavy (non-hydrogen) atoms. The molecule has 0 saturated heterocycles. The van der Waals surface area contributed by atoms with Crippen LogP contribution in [0.5, 0.6) is 0 Å². The lowest BCUT2D eigenvalue weighted by molar-refractivity contribution is -0.117. The highest BCUT2D eigenvalue weighted by Gasteiger charge is 2.14. The first-order chi connectivity index (χ1) is 9.97. The van der Waals surface area contributed by atoms with Gasteiger partial charge in [0.1, 0.15) is 5.00 Å². The van der Waals surface area contributed by atoms with Crippen LogP contribution in [0.25, 0.3) is 0 Å². The summed E-state index contributed by atoms with van der Waals surface area (Å²) in [5.41, 5.74) is 6.84. The van der Waals surface area contributed by atoms with Crippen LogP contribution in [-0.4, -0.2) is 30.3 Å². The summed E-state index contributed by atoms with van der Waals surface area (Å²) < 4.78 is 0. The molecule has 0 unspecified atom stereocenters. The number of primary amides is 1. The van der Waals surface area contributed by atoms with E-state index in [4.69, 9.17) is 5.73 Å². The Morgan fingerprint density at radius 1 is 1.29 bits per heavy atom. The topological polar surface area (TPSA) is 75.4 Å². The van der Waals surface area contributed by atoms with Gasteiger partial charge in [-0.25, -0.2) is 0 Å². The largest absolute Gasteiger partial charge is 0.366 e. The van der Waals surface area contributed by atoms with Crippen LogP contribution in [0.1, 0.15) is 20.8 Å². The molecular weight excluding hydrogens is 306 g/mol. The first-order valence-corrected chi connectivity index (χ1v) is 8.12. The van der Waals surface area contributed by atoms with Gasteiger partial charge in [0.2, 0.25) is 5.91 Å². The monoisotopic (exact) mass is 323 g/mol. The van der Waals surface area contributed by atoms with Crippen LogP contribution >= 0.6 is 22.7 Å². The van der Waals surface area contributed by atoms with E-state index in [1.165, 1.54) is 21.8 Å². The highest BCUT2D eigenvalue weighted by atomic mass is 32.1. The molecule has 0 bridgehead atoms. The summed E-state index contributed by atoms with van der Waals surface area (Å²) in [6.07, 6.45) is 0. The minimum absolute atomic E-state index is 0.156. The Bertz CT molecular complexity index is 648. The van der Waals surface area contributed by atoms with E-state index < -0.39 is 5.91 Å². The SMILES string of the molecule is Cc1ccsc1CN(C)CC(=O)Nc1sccc1C(N)=O. The number of nitrogens with zero attached hydrogens (tertiary/aromatic N) is 1. The van der Waals surface area contributed by atoms with Crippen LogP contribution < -0.4 is 11.1 Å². The summed E-state index contributed by atoms with van der Waals surface area (Å²) in [4.78, 5) is 26.4. The summed E-state index contributed by atoms with van der Waals surface area (Å²) in [7, 11) is 1.89. The number of hydrogen-bond acceptors (Lipinski definition) is 5. The maximum atomic E-state index is 12.0. The van der Waals surface area contributed by atoms with Gasteiger partial charge < -0.3 is 11.1 Å². The number of nitrogens with one attached hydrogen (secondary N) is 1. The van der Waals surface area contributed by atoms with E-state index in [0.29, 0.717) is 10.6 Å². The molecule has 0 saturated carbocycles. The number of anilines is 1. The number of nitrogens with two attached hydrogens (primary N) is 1. The molecule has 2 aromatic rings. The summed E-state index contributed by atoms with van der Waals surface area (Å²) >= 11 is 2.98. The average molecular weight is 323 g/mol. The summed E-state index contributed by atoms with van der Waals surface area (Å²) in [6, 6.07) is 3.68. The zero-order valence-electron chi connectivity index (χ0n) is 11.9. The Labute approximate surface area is 131 Å². The number of rotatable bonds is 6. The van der Waals surface area contributed by atoms with Crippen molar-refractivity contribution >= 4 is 39.5 Å². The van der Waals surface area contributed by atoms with Gasteiger partial charge in [-0.05, 0) is 42.4 Å². The Morgan fingerprint density at radius 2 is 2.00 bits per heavy atom. The highest BCUT2D eigenvalue weighted by molar-refractivity contribution is 7.14. The van der Waals surface area contributed by atoms with Crippen LogP contribution in [0.4, 0.5) is 5.00 Å². The van der Waals surface area contributed by atoms with Crippen molar-refractivity contribution in [2.45, 2.75) is 13.5 Å². The maximum Gasteiger partial charge on any atom is 0.251 e. The van der Waals surface area contributed by atoms with Crippen molar-refractivity contribution in [3.8, 4) is 0 Å². The van der Waals surface area contributed by atoms with E-state index in [9.17, 15) is 9.59 Å². The van der Waals surface area contributed by atoms with Crippen molar-refractivity contribution in [1.29, 1.82) is 0 Å². The number of hydrogen-bond donors (Lipinski definition) is 2. The predicted molar refractivity (Wildman–Crippen MR) is 86.9 cm³/mol. The molecule has 0 fully saturated rings. The van der Waals surface area contributed by atoms with Crippen molar-refractivity contribution in [2.75, 3.05) is 18.9 Å². The van der Waals surface area contributed by atoms with Gasteiger partial charge in [0.05, 0.1) is 12.1 Å². The van der Waals surface area contributed by atoms with Gasteiger partial charge in [-0.3, -0.25) is 14.5 Å². The molecule has 0 atom stereocenters. The van der Waals surface area contributed by atoms with E-state index in [1.54, 1.807) is 22.8 Å². The normalized spacial score (nSPS) is 10.8. The fourth-order valence-corrected chi connectivity index (χ4v) is 3.67. The van der Waals surface area contributed by atoms with E-state index in [-0.39, 0.29) is 12.5 Å². The first kappa shape index (κ1) is 15.7. The molecular formula is C14H17N3O2S2. The predicted octanol–water partition coefficient (Wildman–Crippen LogP) is 2.29. The molecule has 0 aliphatic rings. The van der Waals surface area contributed by atoms with Gasteiger partial charge in [0, 0.05) is 11.4 Å². The Hall–Kier alpha value is -1.70. The smallest absolute Gasteiger partial charge is 0.251 e. The van der Waals surface area contributed by atoms with Crippen LogP contribution in [0.2, 0.25) is 0 Å². The second-order valence-electron chi connectivity index (χ2n) is 4.77. The van der Waals surface area contributed by atoms with Crippen LogP contribution in [0.15, 0.2) is 22.9 Å². The van der Waals surface area contributed by atoms with Crippen LogP contribution in [0.3, 0.4) is 0 Å². The van der Waals surface area contributed by atoms with E-state index >= 15 is 0 Å². The van der Waals surface area contributed by atoms with E-state index in [0.717, 1.165) is 6.54 Å². The molecule has 2 heterocycles. The third-order valence-electron chi connectivity index (χ3n) is 2.98. The molecule has 0 spiro atoms. The molecule has 3 N–H and O–H groups in total. The molecule has 0 aromatic carbocycles. The van der Waals surface area contributed by atoms with Crippen molar-refractivity contribution in [1.82, 2.24) is 4.90 Å². The van der Waals surface area contributed by atoms with Gasteiger partial charge in [-0.1, -0.05) is 0 Å². The van der Waals surface area contributed by atoms with Crippen LogP contribution in [-0.2, 0) is 11.3 Å². The molecule has 0 aliphatic heterocycles. The lowest BCUT2D eigenvalue weighted by Crippen LogP contribution is -2.30. The van der Waals surface area contributed by atoms with Gasteiger partial charge in [0.25, 0.3) is 5.91 Å². The molecule has 2 amide bonds. The van der Waals surface area contributed by atoms with Crippen LogP contribution in [0, 0.1) is 6.92 Å². The van der Waals surface area contributed by atoms with Crippen molar-refractivity contribution in [3.63, 3.8) is 0 Å². The Balaban J connectivity index is 1.91. The number of aryl methyl sites for hydroxylation is 1. The van der Waals surface area contributed by atoms with Gasteiger partial charge in [-0.15, -0.1) is 22.7 Å². The van der Waals surface area contributed by atoms with Gasteiger partial charge in [-0.2, -0.15) is 0 Å². The summed E-state index contributed by atoms with van der Waals surface area (Å²) in [5, 5.41) is 7.02. The van der Waals surface area contributed by atoms with E-state index in [1.807, 2.05) is 17.3 Å². The zero-order chi connectivity index (χ0) is 15.4. The lowest BCUT2D eigenvalue weighted by atomic mass is 10.3. The lowest BCUT2D eigenvalue weighted by Gasteiger charge is -2.15. The zero-order valence-corrected chi connectivity index (χ0v) is 13.5. The quantitative estimate of drug-likeness (QED) is 0.856. The maximum absolute atomic E-state index is 12.0. The molecule has 0 radical (unpaired) electrons. The standard InChI is InChI=1S/C14H17N3O2S2/c1-9-3-5-20-11(9)7-17(2)8-12(18)16-14-10(13(15)19)4-6-21-14/h3-6H,7-8H2,1-2H3,(H2,15,19)(H,16,18).